The molecule has 1 aliphatic rings. The molecule has 6 heteroatoms. The Kier molecular flexibility index (Phi) is 4.47. The van der Waals surface area contributed by atoms with Gasteiger partial charge in [0.1, 0.15) is 11.5 Å². The largest absolute Gasteiger partial charge is 0.494 e. The third-order valence-corrected chi connectivity index (χ3v) is 4.85. The first-order valence-corrected chi connectivity index (χ1v) is 9.00. The van der Waals surface area contributed by atoms with Crippen LogP contribution in [0.5, 0.6) is 11.5 Å². The fraction of sp³-hybridized carbons (Fsp3) is 0.227. The molecule has 1 aliphatic heterocycles. The lowest BCUT2D eigenvalue weighted by Gasteiger charge is -2.06. The molecule has 0 saturated heterocycles. The van der Waals surface area contributed by atoms with Gasteiger partial charge in [0.15, 0.2) is 11.5 Å². The van der Waals surface area contributed by atoms with Crippen LogP contribution in [0.4, 0.5) is 0 Å². The molecule has 0 aliphatic carbocycles. The Morgan fingerprint density at radius 2 is 1.64 bits per heavy atom. The third-order valence-electron chi connectivity index (χ3n) is 4.85. The van der Waals surface area contributed by atoms with E-state index < -0.39 is 0 Å². The van der Waals surface area contributed by atoms with Gasteiger partial charge in [0.2, 0.25) is 0 Å². The van der Waals surface area contributed by atoms with Crippen molar-refractivity contribution in [3.63, 3.8) is 0 Å². The van der Waals surface area contributed by atoms with E-state index in [9.17, 15) is 0 Å². The van der Waals surface area contributed by atoms with Crippen LogP contribution in [0.15, 0.2) is 46.8 Å². The zero-order valence-corrected chi connectivity index (χ0v) is 16.6. The van der Waals surface area contributed by atoms with E-state index in [1.165, 1.54) is 5.56 Å². The number of H-pyrrole nitrogens is 2. The molecule has 0 unspecified atom stereocenters. The van der Waals surface area contributed by atoms with E-state index >= 15 is 0 Å². The molecule has 0 fully saturated rings. The number of hydrogen-bond acceptors (Lipinski definition) is 4. The summed E-state index contributed by atoms with van der Waals surface area (Å²) in [6, 6.07) is 8.04. The van der Waals surface area contributed by atoms with Crippen LogP contribution >= 0.6 is 0 Å². The lowest BCUT2D eigenvalue weighted by molar-refractivity contribution is 0.303. The second kappa shape index (κ2) is 6.96. The van der Waals surface area contributed by atoms with E-state index in [1.54, 1.807) is 21.3 Å². The van der Waals surface area contributed by atoms with E-state index in [2.05, 4.69) is 23.0 Å². The summed E-state index contributed by atoms with van der Waals surface area (Å²) in [4.78, 5) is 11.5. The molecule has 144 valence electrons. The van der Waals surface area contributed by atoms with E-state index in [4.69, 9.17) is 19.2 Å². The number of allylic oxidation sites excluding steroid dienone is 1. The number of nitrogens with one attached hydrogen (secondary N) is 2. The Hall–Kier alpha value is -3.41. The van der Waals surface area contributed by atoms with Crippen molar-refractivity contribution in [2.45, 2.75) is 13.8 Å². The van der Waals surface area contributed by atoms with Crippen molar-refractivity contribution in [2.75, 3.05) is 21.3 Å². The van der Waals surface area contributed by atoms with Gasteiger partial charge in [-0.25, -0.2) is 4.99 Å². The number of nitrogens with zero attached hydrogens (tertiary/aromatic N) is 1. The molecule has 0 saturated carbocycles. The number of aliphatic imine (C=N–C) groups is 1. The van der Waals surface area contributed by atoms with Crippen LogP contribution in [0.1, 0.15) is 22.6 Å². The average Bonchev–Trinajstić information content (AvgIpc) is 3.36. The lowest BCUT2D eigenvalue weighted by atomic mass is 10.2. The Morgan fingerprint density at radius 1 is 0.893 bits per heavy atom. The summed E-state index contributed by atoms with van der Waals surface area (Å²) in [6.45, 7) is 4.11. The van der Waals surface area contributed by atoms with Gasteiger partial charge in [-0.15, -0.1) is 0 Å². The SMILES string of the molecule is COC1=CC(c2cc3cc(OC)c(OC)cc3[nH]2)=NC1=Cc1[nH]c(C)cc1C. The number of ether oxygens (including phenoxy) is 3. The number of methoxy groups -OCH3 is 3. The maximum atomic E-state index is 5.55. The molecular formula is C22H23N3O3. The molecule has 2 aromatic heterocycles. The van der Waals surface area contributed by atoms with Gasteiger partial charge >= 0.3 is 0 Å². The van der Waals surface area contributed by atoms with Gasteiger partial charge < -0.3 is 24.2 Å². The molecule has 6 nitrogen and oxygen atoms in total. The molecular weight excluding hydrogens is 354 g/mol. The maximum Gasteiger partial charge on any atom is 0.162 e. The van der Waals surface area contributed by atoms with Gasteiger partial charge in [-0.05, 0) is 43.7 Å². The van der Waals surface area contributed by atoms with Gasteiger partial charge in [-0.1, -0.05) is 0 Å². The van der Waals surface area contributed by atoms with Gasteiger partial charge in [0.25, 0.3) is 0 Å². The smallest absolute Gasteiger partial charge is 0.162 e. The fourth-order valence-corrected chi connectivity index (χ4v) is 3.45. The Morgan fingerprint density at radius 3 is 2.29 bits per heavy atom. The molecule has 0 spiro atoms. The highest BCUT2D eigenvalue weighted by atomic mass is 16.5. The number of aromatic nitrogens is 2. The van der Waals surface area contributed by atoms with Crippen LogP contribution in [0, 0.1) is 13.8 Å². The quantitative estimate of drug-likeness (QED) is 0.687. The molecule has 3 heterocycles. The predicted octanol–water partition coefficient (Wildman–Crippen LogP) is 4.50. The van der Waals surface area contributed by atoms with Gasteiger partial charge in [-0.3, -0.25) is 0 Å². The van der Waals surface area contributed by atoms with Crippen molar-refractivity contribution < 1.29 is 14.2 Å². The highest BCUT2D eigenvalue weighted by Crippen LogP contribution is 2.33. The van der Waals surface area contributed by atoms with Crippen molar-refractivity contribution in [3.8, 4) is 11.5 Å². The van der Waals surface area contributed by atoms with E-state index in [1.807, 2.05) is 37.3 Å². The standard InChI is InChI=1S/C22H23N3O3/c1-12-6-13(2)23-15(12)9-19-20(26-3)11-18(25-19)17-7-14-8-21(27-4)22(28-5)10-16(14)24-17/h6-11,23-24H,1-5H3. The monoisotopic (exact) mass is 377 g/mol. The molecule has 0 radical (unpaired) electrons. The molecule has 3 aromatic rings. The lowest BCUT2D eigenvalue weighted by Crippen LogP contribution is -1.93. The highest BCUT2D eigenvalue weighted by molar-refractivity contribution is 6.13. The first-order valence-electron chi connectivity index (χ1n) is 9.00. The van der Waals surface area contributed by atoms with Crippen LogP contribution in [-0.2, 0) is 4.74 Å². The van der Waals surface area contributed by atoms with Crippen LogP contribution in [0.3, 0.4) is 0 Å². The van der Waals surface area contributed by atoms with Gasteiger partial charge in [0.05, 0.1) is 32.7 Å². The third kappa shape index (κ3) is 3.07. The first-order chi connectivity index (χ1) is 13.5. The van der Waals surface area contributed by atoms with Gasteiger partial charge in [0, 0.05) is 34.4 Å². The summed E-state index contributed by atoms with van der Waals surface area (Å²) >= 11 is 0. The molecule has 0 atom stereocenters. The minimum Gasteiger partial charge on any atom is -0.494 e. The van der Waals surface area contributed by atoms with Crippen molar-refractivity contribution in [3.05, 3.63) is 64.4 Å². The molecule has 2 N–H and O–H groups in total. The Balaban J connectivity index is 1.76. The van der Waals surface area contributed by atoms with Crippen LogP contribution in [0.25, 0.3) is 17.0 Å². The summed E-state index contributed by atoms with van der Waals surface area (Å²) < 4.78 is 16.3. The molecule has 4 rings (SSSR count). The van der Waals surface area contributed by atoms with E-state index in [0.29, 0.717) is 11.5 Å². The van der Waals surface area contributed by atoms with Crippen molar-refractivity contribution >= 4 is 22.7 Å². The van der Waals surface area contributed by atoms with Crippen LogP contribution in [0.2, 0.25) is 0 Å². The number of benzene rings is 1. The van der Waals surface area contributed by atoms with Gasteiger partial charge in [-0.2, -0.15) is 0 Å². The predicted molar refractivity (Wildman–Crippen MR) is 111 cm³/mol. The molecule has 1 aromatic carbocycles. The summed E-state index contributed by atoms with van der Waals surface area (Å²) in [6.07, 6.45) is 3.95. The van der Waals surface area contributed by atoms with Crippen molar-refractivity contribution in [1.82, 2.24) is 9.97 Å². The summed E-state index contributed by atoms with van der Waals surface area (Å²) in [5.74, 6) is 2.11. The average molecular weight is 377 g/mol. The van der Waals surface area contributed by atoms with Crippen LogP contribution in [-0.4, -0.2) is 37.0 Å². The zero-order chi connectivity index (χ0) is 19.8. The number of fused-ring (bicyclic) bond motifs is 1. The summed E-state index contributed by atoms with van der Waals surface area (Å²) in [5, 5.41) is 1.02. The molecule has 0 bridgehead atoms. The minimum absolute atomic E-state index is 0.683. The zero-order valence-electron chi connectivity index (χ0n) is 16.6. The van der Waals surface area contributed by atoms with Crippen molar-refractivity contribution in [1.29, 1.82) is 0 Å². The molecule has 0 amide bonds. The number of aromatic amines is 2. The fourth-order valence-electron chi connectivity index (χ4n) is 3.45. The first kappa shape index (κ1) is 18.0. The van der Waals surface area contributed by atoms with E-state index in [0.717, 1.165) is 45.2 Å². The molecule has 28 heavy (non-hydrogen) atoms. The normalized spacial score (nSPS) is 15.1. The second-order valence-electron chi connectivity index (χ2n) is 6.77. The highest BCUT2D eigenvalue weighted by Gasteiger charge is 2.19. The second-order valence-corrected chi connectivity index (χ2v) is 6.77. The minimum atomic E-state index is 0.683. The van der Waals surface area contributed by atoms with Crippen molar-refractivity contribution in [2.24, 2.45) is 4.99 Å². The van der Waals surface area contributed by atoms with Crippen LogP contribution < -0.4 is 9.47 Å². The number of rotatable bonds is 5. The number of hydrogen-bond donors (Lipinski definition) is 2. The number of aryl methyl sites for hydroxylation is 2. The Labute approximate surface area is 163 Å². The van der Waals surface area contributed by atoms with E-state index in [-0.39, 0.29) is 0 Å². The summed E-state index contributed by atoms with van der Waals surface area (Å²) in [5.41, 5.74) is 6.79. The topological polar surface area (TPSA) is 71.6 Å². The Bertz CT molecular complexity index is 1100. The summed E-state index contributed by atoms with van der Waals surface area (Å²) in [7, 11) is 4.92. The maximum absolute atomic E-state index is 5.55.